The third-order valence-corrected chi connectivity index (χ3v) is 4.64. The molecule has 0 saturated heterocycles. The zero-order valence-corrected chi connectivity index (χ0v) is 15.7. The molecule has 0 unspecified atom stereocenters. The first-order chi connectivity index (χ1) is 13.8. The van der Waals surface area contributed by atoms with Gasteiger partial charge in [0.15, 0.2) is 0 Å². The first kappa shape index (κ1) is 20.0. The Hall–Kier alpha value is -3.76. The molecule has 0 aliphatic rings. The van der Waals surface area contributed by atoms with Crippen molar-refractivity contribution in [3.63, 3.8) is 0 Å². The van der Waals surface area contributed by atoms with Gasteiger partial charge in [-0.3, -0.25) is 15.5 Å². The fourth-order valence-corrected chi connectivity index (χ4v) is 2.93. The van der Waals surface area contributed by atoms with Gasteiger partial charge < -0.3 is 4.74 Å². The zero-order valence-electron chi connectivity index (χ0n) is 14.9. The highest BCUT2D eigenvalue weighted by atomic mass is 32.2. The lowest BCUT2D eigenvalue weighted by atomic mass is 10.2. The number of rotatable bonds is 7. The molecule has 148 valence electrons. The molecule has 0 amide bonds. The Morgan fingerprint density at radius 3 is 2.41 bits per heavy atom. The molecule has 10 heteroatoms. The predicted molar refractivity (Wildman–Crippen MR) is 109 cm³/mol. The third-order valence-electron chi connectivity index (χ3n) is 3.73. The van der Waals surface area contributed by atoms with Gasteiger partial charge in [-0.15, -0.1) is 0 Å². The van der Waals surface area contributed by atoms with Crippen molar-refractivity contribution in [3.05, 3.63) is 88.5 Å². The van der Waals surface area contributed by atoms with E-state index >= 15 is 0 Å². The van der Waals surface area contributed by atoms with Gasteiger partial charge >= 0.3 is 0 Å². The average Bonchev–Trinajstić information content (AvgIpc) is 2.68. The Kier molecular flexibility index (Phi) is 5.86. The summed E-state index contributed by atoms with van der Waals surface area (Å²) in [6.45, 7) is 0. The second-order valence-electron chi connectivity index (χ2n) is 5.84. The van der Waals surface area contributed by atoms with Crippen LogP contribution in [0.4, 0.5) is 11.4 Å². The number of nitrogens with one attached hydrogen (secondary N) is 1. The quantitative estimate of drug-likeness (QED) is 0.346. The second-order valence-corrected chi connectivity index (χ2v) is 7.40. The number of hydrogen-bond donors (Lipinski definition) is 2. The van der Waals surface area contributed by atoms with Gasteiger partial charge in [0, 0.05) is 6.07 Å². The van der Waals surface area contributed by atoms with Gasteiger partial charge in [0.05, 0.1) is 16.0 Å². The number of ether oxygens (including phenoxy) is 1. The molecule has 3 rings (SSSR count). The van der Waals surface area contributed by atoms with Gasteiger partial charge in [0.25, 0.3) is 5.69 Å². The van der Waals surface area contributed by atoms with Gasteiger partial charge in [-0.2, -0.15) is 5.10 Å². The molecule has 0 spiro atoms. The van der Waals surface area contributed by atoms with Crippen LogP contribution in [-0.4, -0.2) is 19.6 Å². The lowest BCUT2D eigenvalue weighted by molar-refractivity contribution is -0.384. The maximum atomic E-state index is 11.4. The van der Waals surface area contributed by atoms with Crippen LogP contribution in [0.3, 0.4) is 0 Å². The minimum atomic E-state index is -4.05. The molecule has 0 radical (unpaired) electrons. The number of sulfonamides is 1. The Morgan fingerprint density at radius 2 is 1.72 bits per heavy atom. The molecule has 3 N–H and O–H groups in total. The third kappa shape index (κ3) is 5.37. The SMILES string of the molecule is NS(=O)(=O)c1ccc(N/N=C/c2cccc(Oc3ccccc3)c2)c([N+](=O)[O-])c1. The number of benzene rings is 3. The Bertz CT molecular complexity index is 1160. The summed E-state index contributed by atoms with van der Waals surface area (Å²) in [5, 5.41) is 20.2. The van der Waals surface area contributed by atoms with Gasteiger partial charge in [-0.05, 0) is 42.0 Å². The summed E-state index contributed by atoms with van der Waals surface area (Å²) >= 11 is 0. The Labute approximate surface area is 166 Å². The summed E-state index contributed by atoms with van der Waals surface area (Å²) in [7, 11) is -4.05. The summed E-state index contributed by atoms with van der Waals surface area (Å²) < 4.78 is 28.5. The highest BCUT2D eigenvalue weighted by molar-refractivity contribution is 7.89. The van der Waals surface area contributed by atoms with Crippen LogP contribution in [0.2, 0.25) is 0 Å². The zero-order chi connectivity index (χ0) is 20.9. The fraction of sp³-hybridized carbons (Fsp3) is 0. The summed E-state index contributed by atoms with van der Waals surface area (Å²) in [6.07, 6.45) is 1.45. The van der Waals surface area contributed by atoms with Crippen LogP contribution in [0.15, 0.2) is 82.8 Å². The van der Waals surface area contributed by atoms with Crippen LogP contribution in [-0.2, 0) is 10.0 Å². The van der Waals surface area contributed by atoms with Gasteiger partial charge in [-0.25, -0.2) is 13.6 Å². The molecule has 0 fully saturated rings. The topological polar surface area (TPSA) is 137 Å². The molecule has 3 aromatic carbocycles. The van der Waals surface area contributed by atoms with Gasteiger partial charge in [-0.1, -0.05) is 30.3 Å². The maximum Gasteiger partial charge on any atom is 0.295 e. The van der Waals surface area contributed by atoms with Gasteiger partial charge in [0.2, 0.25) is 10.0 Å². The molecule has 0 atom stereocenters. The number of nitrogens with two attached hydrogens (primary N) is 1. The number of hydrogen-bond acceptors (Lipinski definition) is 7. The van der Waals surface area contributed by atoms with E-state index in [1.54, 1.807) is 24.3 Å². The first-order valence-electron chi connectivity index (χ1n) is 8.26. The van der Waals surface area contributed by atoms with Crippen LogP contribution in [0.25, 0.3) is 0 Å². The molecule has 29 heavy (non-hydrogen) atoms. The molecule has 9 nitrogen and oxygen atoms in total. The molecule has 0 bridgehead atoms. The number of nitro benzene ring substituents is 1. The number of nitro groups is 1. The molecule has 0 aromatic heterocycles. The maximum absolute atomic E-state index is 11.4. The molecular weight excluding hydrogens is 396 g/mol. The van der Waals surface area contributed by atoms with Crippen molar-refractivity contribution in [3.8, 4) is 11.5 Å². The first-order valence-corrected chi connectivity index (χ1v) is 9.81. The van der Waals surface area contributed by atoms with Crippen molar-refractivity contribution in [2.75, 3.05) is 5.43 Å². The monoisotopic (exact) mass is 412 g/mol. The van der Waals surface area contributed by atoms with Crippen molar-refractivity contribution in [1.82, 2.24) is 0 Å². The average molecular weight is 412 g/mol. The summed E-state index contributed by atoms with van der Waals surface area (Å²) in [6, 6.07) is 19.6. The van der Waals surface area contributed by atoms with E-state index in [0.717, 1.165) is 12.1 Å². The van der Waals surface area contributed by atoms with E-state index in [9.17, 15) is 18.5 Å². The van der Waals surface area contributed by atoms with E-state index in [1.807, 2.05) is 30.3 Å². The summed E-state index contributed by atoms with van der Waals surface area (Å²) in [4.78, 5) is 10.1. The minimum absolute atomic E-state index is 0.0235. The largest absolute Gasteiger partial charge is 0.457 e. The normalized spacial score (nSPS) is 11.3. The summed E-state index contributed by atoms with van der Waals surface area (Å²) in [5.74, 6) is 1.29. The van der Waals surface area contributed by atoms with Crippen molar-refractivity contribution in [1.29, 1.82) is 0 Å². The second kappa shape index (κ2) is 8.50. The van der Waals surface area contributed by atoms with Crippen molar-refractivity contribution >= 4 is 27.6 Å². The molecule has 0 aliphatic heterocycles. The molecule has 0 heterocycles. The lowest BCUT2D eigenvalue weighted by Gasteiger charge is -2.06. The highest BCUT2D eigenvalue weighted by Crippen LogP contribution is 2.27. The molecular formula is C19H16N4O5S. The van der Waals surface area contributed by atoms with E-state index < -0.39 is 20.6 Å². The Balaban J connectivity index is 1.76. The predicted octanol–water partition coefficient (Wildman–Crippen LogP) is 3.48. The number of hydrazone groups is 1. The van der Waals surface area contributed by atoms with E-state index in [4.69, 9.17) is 9.88 Å². The van der Waals surface area contributed by atoms with E-state index in [-0.39, 0.29) is 10.6 Å². The van der Waals surface area contributed by atoms with Crippen LogP contribution in [0.1, 0.15) is 5.56 Å². The van der Waals surface area contributed by atoms with Crippen LogP contribution < -0.4 is 15.3 Å². The number of anilines is 1. The fourth-order valence-electron chi connectivity index (χ4n) is 2.39. The summed E-state index contributed by atoms with van der Waals surface area (Å²) in [5.41, 5.74) is 2.79. The lowest BCUT2D eigenvalue weighted by Crippen LogP contribution is -2.12. The van der Waals surface area contributed by atoms with E-state index in [1.165, 1.54) is 12.3 Å². The smallest absolute Gasteiger partial charge is 0.295 e. The van der Waals surface area contributed by atoms with E-state index in [0.29, 0.717) is 17.1 Å². The van der Waals surface area contributed by atoms with Crippen LogP contribution in [0.5, 0.6) is 11.5 Å². The minimum Gasteiger partial charge on any atom is -0.457 e. The number of para-hydroxylation sites is 1. The number of primary sulfonamides is 1. The number of nitrogens with zero attached hydrogens (tertiary/aromatic N) is 2. The van der Waals surface area contributed by atoms with Crippen LogP contribution >= 0.6 is 0 Å². The van der Waals surface area contributed by atoms with E-state index in [2.05, 4.69) is 10.5 Å². The van der Waals surface area contributed by atoms with Crippen molar-refractivity contribution < 1.29 is 18.1 Å². The molecule has 0 saturated carbocycles. The van der Waals surface area contributed by atoms with Crippen molar-refractivity contribution in [2.45, 2.75) is 4.90 Å². The van der Waals surface area contributed by atoms with Crippen LogP contribution in [0, 0.1) is 10.1 Å². The highest BCUT2D eigenvalue weighted by Gasteiger charge is 2.18. The van der Waals surface area contributed by atoms with Gasteiger partial charge in [0.1, 0.15) is 17.2 Å². The standard InChI is InChI=1S/C19H16N4O5S/c20-29(26,27)17-9-10-18(19(12-17)23(24)25)22-21-13-14-5-4-8-16(11-14)28-15-6-2-1-3-7-15/h1-13,22H,(H2,20,26,27)/b21-13+. The molecule has 0 aliphatic carbocycles. The Morgan fingerprint density at radius 1 is 1.00 bits per heavy atom. The van der Waals surface area contributed by atoms with Crippen molar-refractivity contribution in [2.24, 2.45) is 10.2 Å². The molecule has 3 aromatic rings.